The van der Waals surface area contributed by atoms with Crippen LogP contribution in [0.25, 0.3) is 0 Å². The van der Waals surface area contributed by atoms with Crippen LogP contribution in [0.5, 0.6) is 17.2 Å². The summed E-state index contributed by atoms with van der Waals surface area (Å²) in [5.74, 6) is 1.10. The number of nitrogens with one attached hydrogen (secondary N) is 1. The molecule has 0 fully saturated rings. The van der Waals surface area contributed by atoms with Crippen molar-refractivity contribution in [2.45, 2.75) is 6.42 Å². The normalized spacial score (nSPS) is 10.6. The van der Waals surface area contributed by atoms with E-state index in [-0.39, 0.29) is 5.75 Å². The van der Waals surface area contributed by atoms with Gasteiger partial charge in [-0.15, -0.1) is 0 Å². The predicted molar refractivity (Wildman–Crippen MR) is 62.6 cm³/mol. The Hall–Kier alpha value is -1.42. The zero-order valence-electron chi connectivity index (χ0n) is 10.3. The summed E-state index contributed by atoms with van der Waals surface area (Å²) in [5.41, 5.74) is 1.05. The van der Waals surface area contributed by atoms with E-state index >= 15 is 0 Å². The summed E-state index contributed by atoms with van der Waals surface area (Å²) >= 11 is 0. The molecule has 2 N–H and O–H groups in total. The number of hydrogen-bond donors (Lipinski definition) is 2. The van der Waals surface area contributed by atoms with E-state index in [2.05, 4.69) is 14.1 Å². The lowest BCUT2D eigenvalue weighted by atomic mass is 10.1. The monoisotopic (exact) mass is 226 g/mol. The molecule has 0 amide bonds. The first-order chi connectivity index (χ1) is 7.58. The van der Waals surface area contributed by atoms with Gasteiger partial charge in [0.15, 0.2) is 11.5 Å². The first-order valence-electron chi connectivity index (χ1n) is 5.31. The third kappa shape index (κ3) is 3.03. The molecule has 0 aromatic heterocycles. The summed E-state index contributed by atoms with van der Waals surface area (Å²) in [7, 11) is 7.28. The minimum absolute atomic E-state index is 0.130. The Bertz CT molecular complexity index is 350. The molecule has 0 radical (unpaired) electrons. The standard InChI is InChI=1S/C12H19NO3/c1-13(2)6-5-9-7-10(14)12(16-4)11(8-9)15-3/h7-8,14H,5-6H2,1-4H3/p+1. The van der Waals surface area contributed by atoms with E-state index in [0.29, 0.717) is 11.5 Å². The fourth-order valence-electron chi connectivity index (χ4n) is 1.54. The van der Waals surface area contributed by atoms with Crippen LogP contribution in [0.2, 0.25) is 0 Å². The number of methoxy groups -OCH3 is 2. The second-order valence-electron chi connectivity index (χ2n) is 4.06. The SMILES string of the molecule is COc1cc(CC[NH+](C)C)cc(O)c1OC. The van der Waals surface area contributed by atoms with Crippen LogP contribution in [0.3, 0.4) is 0 Å². The van der Waals surface area contributed by atoms with Crippen LogP contribution in [0, 0.1) is 0 Å². The maximum atomic E-state index is 9.76. The molecule has 0 heterocycles. The molecular formula is C12H20NO3+. The van der Waals surface area contributed by atoms with Crippen molar-refractivity contribution >= 4 is 0 Å². The fourth-order valence-corrected chi connectivity index (χ4v) is 1.54. The number of phenolic OH excluding ortho intramolecular Hbond substituents is 1. The third-order valence-electron chi connectivity index (χ3n) is 2.43. The molecule has 1 rings (SSSR count). The van der Waals surface area contributed by atoms with Gasteiger partial charge in [0.1, 0.15) is 0 Å². The van der Waals surface area contributed by atoms with Crippen LogP contribution < -0.4 is 14.4 Å². The minimum atomic E-state index is 0.130. The second kappa shape index (κ2) is 5.61. The molecule has 4 nitrogen and oxygen atoms in total. The van der Waals surface area contributed by atoms with Gasteiger partial charge in [-0.2, -0.15) is 0 Å². The largest absolute Gasteiger partial charge is 0.504 e. The number of benzene rings is 1. The first-order valence-corrected chi connectivity index (χ1v) is 5.31. The number of ether oxygens (including phenoxy) is 2. The molecule has 0 saturated heterocycles. The topological polar surface area (TPSA) is 43.1 Å². The van der Waals surface area contributed by atoms with Crippen molar-refractivity contribution < 1.29 is 19.5 Å². The third-order valence-corrected chi connectivity index (χ3v) is 2.43. The van der Waals surface area contributed by atoms with Gasteiger partial charge in [-0.3, -0.25) is 0 Å². The van der Waals surface area contributed by atoms with Crippen LogP contribution in [-0.2, 0) is 6.42 Å². The van der Waals surface area contributed by atoms with Crippen molar-refractivity contribution in [3.8, 4) is 17.2 Å². The molecule has 0 atom stereocenters. The fraction of sp³-hybridized carbons (Fsp3) is 0.500. The Morgan fingerprint density at radius 2 is 1.88 bits per heavy atom. The lowest BCUT2D eigenvalue weighted by Crippen LogP contribution is -3.05. The van der Waals surface area contributed by atoms with E-state index in [4.69, 9.17) is 9.47 Å². The van der Waals surface area contributed by atoms with Gasteiger partial charge in [0.25, 0.3) is 0 Å². The maximum absolute atomic E-state index is 9.76. The molecule has 0 spiro atoms. The smallest absolute Gasteiger partial charge is 0.203 e. The van der Waals surface area contributed by atoms with Gasteiger partial charge in [-0.1, -0.05) is 0 Å². The Morgan fingerprint density at radius 1 is 1.19 bits per heavy atom. The molecule has 0 bridgehead atoms. The van der Waals surface area contributed by atoms with Crippen LogP contribution in [0.15, 0.2) is 12.1 Å². The number of aromatic hydroxyl groups is 1. The van der Waals surface area contributed by atoms with Crippen molar-refractivity contribution in [1.29, 1.82) is 0 Å². The van der Waals surface area contributed by atoms with Crippen LogP contribution in [0.1, 0.15) is 5.56 Å². The average Bonchev–Trinajstić information content (AvgIpc) is 2.25. The summed E-state index contributed by atoms with van der Waals surface area (Å²) < 4.78 is 10.2. The van der Waals surface area contributed by atoms with Gasteiger partial charge in [0, 0.05) is 6.42 Å². The van der Waals surface area contributed by atoms with Gasteiger partial charge in [-0.05, 0) is 17.7 Å². The summed E-state index contributed by atoms with van der Waals surface area (Å²) in [6.45, 7) is 1.01. The molecule has 90 valence electrons. The minimum Gasteiger partial charge on any atom is -0.504 e. The number of hydrogen-bond acceptors (Lipinski definition) is 3. The summed E-state index contributed by atoms with van der Waals surface area (Å²) in [6, 6.07) is 3.63. The molecule has 0 aliphatic carbocycles. The highest BCUT2D eigenvalue weighted by atomic mass is 16.5. The zero-order chi connectivity index (χ0) is 12.1. The second-order valence-corrected chi connectivity index (χ2v) is 4.06. The molecule has 0 aliphatic rings. The van der Waals surface area contributed by atoms with Gasteiger partial charge in [0.2, 0.25) is 5.75 Å². The van der Waals surface area contributed by atoms with E-state index in [1.807, 2.05) is 6.07 Å². The van der Waals surface area contributed by atoms with Crippen molar-refractivity contribution in [2.24, 2.45) is 0 Å². The quantitative estimate of drug-likeness (QED) is 0.748. The van der Waals surface area contributed by atoms with Gasteiger partial charge in [0.05, 0.1) is 34.9 Å². The molecule has 1 aromatic carbocycles. The highest BCUT2D eigenvalue weighted by molar-refractivity contribution is 5.53. The van der Waals surface area contributed by atoms with Crippen molar-refractivity contribution in [3.05, 3.63) is 17.7 Å². The zero-order valence-corrected chi connectivity index (χ0v) is 10.3. The Labute approximate surface area is 96.4 Å². The molecule has 1 aromatic rings. The van der Waals surface area contributed by atoms with E-state index in [0.717, 1.165) is 18.5 Å². The lowest BCUT2D eigenvalue weighted by molar-refractivity contribution is -0.858. The highest BCUT2D eigenvalue weighted by Crippen LogP contribution is 2.37. The van der Waals surface area contributed by atoms with Crippen molar-refractivity contribution in [3.63, 3.8) is 0 Å². The van der Waals surface area contributed by atoms with E-state index < -0.39 is 0 Å². The van der Waals surface area contributed by atoms with E-state index in [9.17, 15) is 5.11 Å². The lowest BCUT2D eigenvalue weighted by Gasteiger charge is -2.12. The highest BCUT2D eigenvalue weighted by Gasteiger charge is 2.11. The number of phenols is 1. The van der Waals surface area contributed by atoms with E-state index in [1.165, 1.54) is 12.0 Å². The molecule has 4 heteroatoms. The van der Waals surface area contributed by atoms with Crippen molar-refractivity contribution in [1.82, 2.24) is 0 Å². The molecular weight excluding hydrogens is 206 g/mol. The van der Waals surface area contributed by atoms with Gasteiger partial charge < -0.3 is 19.5 Å². The molecule has 0 aliphatic heterocycles. The Balaban J connectivity index is 2.92. The number of likely N-dealkylation sites (N-methyl/N-ethyl adjacent to an activating group) is 1. The first kappa shape index (κ1) is 12.6. The molecule has 16 heavy (non-hydrogen) atoms. The Morgan fingerprint density at radius 3 is 2.38 bits per heavy atom. The van der Waals surface area contributed by atoms with Crippen LogP contribution >= 0.6 is 0 Å². The Kier molecular flexibility index (Phi) is 4.43. The molecule has 0 unspecified atom stereocenters. The van der Waals surface area contributed by atoms with Crippen LogP contribution in [0.4, 0.5) is 0 Å². The summed E-state index contributed by atoms with van der Waals surface area (Å²) in [5, 5.41) is 9.76. The molecule has 0 saturated carbocycles. The summed E-state index contributed by atoms with van der Waals surface area (Å²) in [4.78, 5) is 1.37. The number of rotatable bonds is 5. The van der Waals surface area contributed by atoms with Crippen LogP contribution in [-0.4, -0.2) is 40.0 Å². The maximum Gasteiger partial charge on any atom is 0.203 e. The van der Waals surface area contributed by atoms with Gasteiger partial charge >= 0.3 is 0 Å². The van der Waals surface area contributed by atoms with Gasteiger partial charge in [-0.25, -0.2) is 0 Å². The average molecular weight is 226 g/mol. The predicted octanol–water partition coefficient (Wildman–Crippen LogP) is 0.0964. The summed E-state index contributed by atoms with van der Waals surface area (Å²) in [6.07, 6.45) is 0.899. The van der Waals surface area contributed by atoms with E-state index in [1.54, 1.807) is 13.2 Å². The number of quaternary nitrogens is 1. The van der Waals surface area contributed by atoms with Crippen molar-refractivity contribution in [2.75, 3.05) is 34.9 Å².